The van der Waals surface area contributed by atoms with Gasteiger partial charge in [-0.2, -0.15) is 0 Å². The van der Waals surface area contributed by atoms with Crippen molar-refractivity contribution >= 4 is 23.4 Å². The molecule has 0 spiro atoms. The van der Waals surface area contributed by atoms with E-state index in [0.717, 1.165) is 21.2 Å². The van der Waals surface area contributed by atoms with Gasteiger partial charge in [0, 0.05) is 21.2 Å². The third-order valence-electron chi connectivity index (χ3n) is 2.98. The van der Waals surface area contributed by atoms with Crippen molar-refractivity contribution in [2.75, 3.05) is 7.11 Å². The first-order valence-corrected chi connectivity index (χ1v) is 7.68. The van der Waals surface area contributed by atoms with Crippen molar-refractivity contribution < 1.29 is 4.74 Å². The average molecular weight is 308 g/mol. The maximum atomic E-state index is 6.15. The van der Waals surface area contributed by atoms with Crippen LogP contribution in [0.1, 0.15) is 17.7 Å². The Morgan fingerprint density at radius 2 is 1.90 bits per heavy atom. The van der Waals surface area contributed by atoms with Crippen LogP contribution in [0.25, 0.3) is 0 Å². The summed E-state index contributed by atoms with van der Waals surface area (Å²) < 4.78 is 5.40. The lowest BCUT2D eigenvalue weighted by Crippen LogP contribution is -2.22. The van der Waals surface area contributed by atoms with Crippen LogP contribution in [-0.2, 0) is 0 Å². The minimum Gasteiger partial charge on any atom is -0.496 e. The molecule has 2 rings (SSSR count). The molecule has 2 aromatic carbocycles. The molecule has 0 bridgehead atoms. The van der Waals surface area contributed by atoms with E-state index >= 15 is 0 Å². The fourth-order valence-electron chi connectivity index (χ4n) is 2.02. The van der Waals surface area contributed by atoms with Crippen molar-refractivity contribution in [3.63, 3.8) is 0 Å². The van der Waals surface area contributed by atoms with E-state index in [0.29, 0.717) is 0 Å². The van der Waals surface area contributed by atoms with Gasteiger partial charge in [0.2, 0.25) is 0 Å². The summed E-state index contributed by atoms with van der Waals surface area (Å²) >= 11 is 7.78. The number of hydrogen-bond donors (Lipinski definition) is 1. The third-order valence-corrected chi connectivity index (χ3v) is 4.76. The van der Waals surface area contributed by atoms with Crippen molar-refractivity contribution in [2.24, 2.45) is 5.73 Å². The molecule has 4 heteroatoms. The zero-order chi connectivity index (χ0) is 14.5. The number of nitrogens with two attached hydrogens (primary N) is 1. The third kappa shape index (κ3) is 3.69. The zero-order valence-electron chi connectivity index (χ0n) is 11.5. The van der Waals surface area contributed by atoms with Gasteiger partial charge in [0.15, 0.2) is 0 Å². The molecule has 20 heavy (non-hydrogen) atoms. The number of benzene rings is 2. The number of thioether (sulfide) groups is 1. The number of hydrogen-bond acceptors (Lipinski definition) is 3. The van der Waals surface area contributed by atoms with E-state index < -0.39 is 0 Å². The van der Waals surface area contributed by atoms with Gasteiger partial charge in [0.25, 0.3) is 0 Å². The van der Waals surface area contributed by atoms with Crippen LogP contribution >= 0.6 is 23.4 Å². The molecule has 2 aromatic rings. The Balaban J connectivity index is 2.31. The van der Waals surface area contributed by atoms with Crippen molar-refractivity contribution in [2.45, 2.75) is 23.1 Å². The highest BCUT2D eigenvalue weighted by Crippen LogP contribution is 2.41. The molecular formula is C16H18ClNOS. The van der Waals surface area contributed by atoms with Crippen LogP contribution in [0.5, 0.6) is 5.75 Å². The van der Waals surface area contributed by atoms with Gasteiger partial charge in [-0.25, -0.2) is 0 Å². The number of ether oxygens (including phenoxy) is 1. The molecule has 0 amide bonds. The molecule has 2 unspecified atom stereocenters. The van der Waals surface area contributed by atoms with Crippen molar-refractivity contribution in [1.82, 2.24) is 0 Å². The molecule has 0 saturated carbocycles. The van der Waals surface area contributed by atoms with Gasteiger partial charge in [-0.1, -0.05) is 35.9 Å². The highest BCUT2D eigenvalue weighted by Gasteiger charge is 2.19. The van der Waals surface area contributed by atoms with E-state index in [1.54, 1.807) is 18.9 Å². The minimum atomic E-state index is 0.00313. The number of para-hydroxylation sites is 1. The first kappa shape index (κ1) is 15.2. The molecule has 0 aliphatic heterocycles. The molecule has 2 N–H and O–H groups in total. The largest absolute Gasteiger partial charge is 0.496 e. The molecule has 0 radical (unpaired) electrons. The van der Waals surface area contributed by atoms with Crippen molar-refractivity contribution in [3.8, 4) is 5.75 Å². The van der Waals surface area contributed by atoms with E-state index in [9.17, 15) is 0 Å². The Labute approximate surface area is 129 Å². The smallest absolute Gasteiger partial charge is 0.132 e. The summed E-state index contributed by atoms with van der Waals surface area (Å²) in [4.78, 5) is 1.08. The summed E-state index contributed by atoms with van der Waals surface area (Å²) in [6, 6.07) is 15.8. The van der Waals surface area contributed by atoms with Gasteiger partial charge in [-0.05, 0) is 36.8 Å². The van der Waals surface area contributed by atoms with Gasteiger partial charge < -0.3 is 10.5 Å². The molecular weight excluding hydrogens is 290 g/mol. The fourth-order valence-corrected chi connectivity index (χ4v) is 3.41. The molecule has 0 aliphatic rings. The van der Waals surface area contributed by atoms with Crippen LogP contribution < -0.4 is 10.5 Å². The molecule has 0 saturated heterocycles. The van der Waals surface area contributed by atoms with E-state index in [4.69, 9.17) is 22.1 Å². The van der Waals surface area contributed by atoms with E-state index in [-0.39, 0.29) is 11.3 Å². The van der Waals surface area contributed by atoms with Gasteiger partial charge >= 0.3 is 0 Å². The lowest BCUT2D eigenvalue weighted by molar-refractivity contribution is 0.404. The highest BCUT2D eigenvalue weighted by atomic mass is 35.5. The molecule has 0 heterocycles. The standard InChI is InChI=1S/C16H18ClNOS/c1-11(18)16(12-6-5-7-13(17)10-12)20-15-9-4-3-8-14(15)19-2/h3-11,16H,18H2,1-2H3. The van der Waals surface area contributed by atoms with Gasteiger partial charge in [-0.3, -0.25) is 0 Å². The second-order valence-electron chi connectivity index (χ2n) is 4.60. The maximum absolute atomic E-state index is 6.15. The summed E-state index contributed by atoms with van der Waals surface area (Å²) in [6.07, 6.45) is 0. The predicted octanol–water partition coefficient (Wildman–Crippen LogP) is 4.53. The molecule has 106 valence electrons. The molecule has 2 atom stereocenters. The first-order valence-electron chi connectivity index (χ1n) is 6.42. The summed E-state index contributed by atoms with van der Waals surface area (Å²) in [7, 11) is 1.68. The van der Waals surface area contributed by atoms with Crippen LogP contribution in [0, 0.1) is 0 Å². The molecule has 2 nitrogen and oxygen atoms in total. The van der Waals surface area contributed by atoms with Crippen LogP contribution in [0.4, 0.5) is 0 Å². The number of methoxy groups -OCH3 is 1. The second kappa shape index (κ2) is 7.02. The second-order valence-corrected chi connectivity index (χ2v) is 6.22. The van der Waals surface area contributed by atoms with E-state index in [2.05, 4.69) is 6.07 Å². The van der Waals surface area contributed by atoms with Gasteiger partial charge in [0.05, 0.1) is 7.11 Å². The first-order chi connectivity index (χ1) is 9.61. The Kier molecular flexibility index (Phi) is 5.35. The summed E-state index contributed by atoms with van der Waals surface area (Å²) in [6.45, 7) is 2.01. The summed E-state index contributed by atoms with van der Waals surface area (Å²) in [5.41, 5.74) is 7.28. The Morgan fingerprint density at radius 1 is 1.15 bits per heavy atom. The lowest BCUT2D eigenvalue weighted by atomic mass is 10.1. The number of rotatable bonds is 5. The van der Waals surface area contributed by atoms with Crippen molar-refractivity contribution in [3.05, 3.63) is 59.1 Å². The van der Waals surface area contributed by atoms with E-state index in [1.807, 2.05) is 49.4 Å². The number of halogens is 1. The van der Waals surface area contributed by atoms with Gasteiger partial charge in [0.1, 0.15) is 5.75 Å². The van der Waals surface area contributed by atoms with Crippen LogP contribution in [0.2, 0.25) is 5.02 Å². The Hall–Kier alpha value is -1.16. The summed E-state index contributed by atoms with van der Waals surface area (Å²) in [5.74, 6) is 0.866. The van der Waals surface area contributed by atoms with Crippen molar-refractivity contribution in [1.29, 1.82) is 0 Å². The molecule has 0 aliphatic carbocycles. The fraction of sp³-hybridized carbons (Fsp3) is 0.250. The quantitative estimate of drug-likeness (QED) is 0.824. The minimum absolute atomic E-state index is 0.00313. The predicted molar refractivity (Wildman–Crippen MR) is 86.7 cm³/mol. The van der Waals surface area contributed by atoms with E-state index in [1.165, 1.54) is 0 Å². The van der Waals surface area contributed by atoms with Crippen LogP contribution in [0.15, 0.2) is 53.4 Å². The zero-order valence-corrected chi connectivity index (χ0v) is 13.1. The SMILES string of the molecule is COc1ccccc1SC(c1cccc(Cl)c1)C(C)N. The Bertz CT molecular complexity index is 574. The summed E-state index contributed by atoms with van der Waals surface area (Å²) in [5, 5.41) is 0.860. The molecule has 0 aromatic heterocycles. The average Bonchev–Trinajstić information content (AvgIpc) is 2.44. The lowest BCUT2D eigenvalue weighted by Gasteiger charge is -2.22. The van der Waals surface area contributed by atoms with Gasteiger partial charge in [-0.15, -0.1) is 11.8 Å². The monoisotopic (exact) mass is 307 g/mol. The maximum Gasteiger partial charge on any atom is 0.132 e. The van der Waals surface area contributed by atoms with Crippen LogP contribution in [-0.4, -0.2) is 13.2 Å². The highest BCUT2D eigenvalue weighted by molar-refractivity contribution is 7.99. The molecule has 0 fully saturated rings. The normalized spacial score (nSPS) is 13.8. The Morgan fingerprint density at radius 3 is 2.55 bits per heavy atom. The topological polar surface area (TPSA) is 35.2 Å². The van der Waals surface area contributed by atoms with Crippen LogP contribution in [0.3, 0.4) is 0 Å².